The zero-order chi connectivity index (χ0) is 20.2. The van der Waals surface area contributed by atoms with Gasteiger partial charge >= 0.3 is 12.4 Å². The zero-order valence-electron chi connectivity index (χ0n) is 13.8. The van der Waals surface area contributed by atoms with Gasteiger partial charge in [0.05, 0.1) is 5.69 Å². The van der Waals surface area contributed by atoms with E-state index in [4.69, 9.17) is 0 Å². The molecule has 0 aromatic heterocycles. The van der Waals surface area contributed by atoms with Gasteiger partial charge in [0.25, 0.3) is 5.78 Å². The molecule has 0 saturated heterocycles. The Labute approximate surface area is 149 Å². The number of alkyl halides is 6. The van der Waals surface area contributed by atoms with Gasteiger partial charge in [0.2, 0.25) is 0 Å². The Morgan fingerprint density at radius 3 is 2.26 bits per heavy atom. The van der Waals surface area contributed by atoms with E-state index in [2.05, 4.69) is 0 Å². The van der Waals surface area contributed by atoms with Crippen molar-refractivity contribution in [2.75, 3.05) is 11.9 Å². The monoisotopic (exact) mass is 389 g/mol. The SMILES string of the molecule is CN1C=CCC(O)(C(F)(F)F)c2cc(C(=O)C(F)(F)F)c3ccccc3c21. The maximum atomic E-state index is 13.7. The number of carbonyl (C=O) groups excluding carboxylic acids is 1. The second-order valence-electron chi connectivity index (χ2n) is 6.25. The van der Waals surface area contributed by atoms with Crippen LogP contribution in [-0.2, 0) is 5.60 Å². The highest BCUT2D eigenvalue weighted by Gasteiger charge is 2.56. The van der Waals surface area contributed by atoms with Gasteiger partial charge in [-0.15, -0.1) is 0 Å². The van der Waals surface area contributed by atoms with E-state index in [0.717, 1.165) is 6.08 Å². The van der Waals surface area contributed by atoms with E-state index >= 15 is 0 Å². The van der Waals surface area contributed by atoms with Crippen molar-refractivity contribution in [3.63, 3.8) is 0 Å². The summed E-state index contributed by atoms with van der Waals surface area (Å²) >= 11 is 0. The number of ketones is 1. The third-order valence-electron chi connectivity index (χ3n) is 4.53. The average molecular weight is 389 g/mol. The molecule has 9 heteroatoms. The lowest BCUT2D eigenvalue weighted by Gasteiger charge is -2.32. The first-order valence-electron chi connectivity index (χ1n) is 7.74. The molecule has 0 amide bonds. The molecular weight excluding hydrogens is 376 g/mol. The van der Waals surface area contributed by atoms with E-state index < -0.39 is 41.3 Å². The predicted molar refractivity (Wildman–Crippen MR) is 86.4 cm³/mol. The smallest absolute Gasteiger partial charge is 0.376 e. The molecule has 2 aromatic carbocycles. The molecule has 3 rings (SSSR count). The molecule has 27 heavy (non-hydrogen) atoms. The fourth-order valence-corrected chi connectivity index (χ4v) is 3.23. The van der Waals surface area contributed by atoms with E-state index in [-0.39, 0.29) is 16.5 Å². The van der Waals surface area contributed by atoms with Crippen molar-refractivity contribution in [3.05, 3.63) is 53.7 Å². The summed E-state index contributed by atoms with van der Waals surface area (Å²) in [6.07, 6.45) is -8.97. The highest BCUT2D eigenvalue weighted by molar-refractivity contribution is 6.14. The van der Waals surface area contributed by atoms with Crippen LogP contribution in [0, 0.1) is 0 Å². The molecule has 1 aliphatic rings. The summed E-state index contributed by atoms with van der Waals surface area (Å²) in [5.74, 6) is -2.27. The Kier molecular flexibility index (Phi) is 4.26. The van der Waals surface area contributed by atoms with Crippen molar-refractivity contribution < 1.29 is 36.2 Å². The third-order valence-corrected chi connectivity index (χ3v) is 4.53. The van der Waals surface area contributed by atoms with Gasteiger partial charge in [-0.3, -0.25) is 4.79 Å². The predicted octanol–water partition coefficient (Wildman–Crippen LogP) is 4.69. The summed E-state index contributed by atoms with van der Waals surface area (Å²) in [5.41, 5.74) is -5.28. The van der Waals surface area contributed by atoms with Crippen LogP contribution in [0.2, 0.25) is 0 Å². The Balaban J connectivity index is 2.48. The Bertz CT molecular complexity index is 947. The lowest BCUT2D eigenvalue weighted by Crippen LogP contribution is -2.42. The third kappa shape index (κ3) is 2.95. The number of benzene rings is 2. The number of Topliss-reactive ketones (excluding diaryl/α,β-unsaturated/α-hetero) is 1. The van der Waals surface area contributed by atoms with Crippen LogP contribution >= 0.6 is 0 Å². The minimum absolute atomic E-state index is 0.000625. The van der Waals surface area contributed by atoms with Gasteiger partial charge in [0.1, 0.15) is 0 Å². The van der Waals surface area contributed by atoms with Crippen molar-refractivity contribution in [1.29, 1.82) is 0 Å². The second-order valence-corrected chi connectivity index (χ2v) is 6.25. The van der Waals surface area contributed by atoms with Crippen molar-refractivity contribution in [2.45, 2.75) is 24.4 Å². The molecule has 144 valence electrons. The molecule has 1 heterocycles. The van der Waals surface area contributed by atoms with Crippen molar-refractivity contribution in [1.82, 2.24) is 0 Å². The van der Waals surface area contributed by atoms with Gasteiger partial charge in [-0.25, -0.2) is 0 Å². The molecule has 0 spiro atoms. The summed E-state index contributed by atoms with van der Waals surface area (Å²) in [6, 6.07) is 5.85. The highest BCUT2D eigenvalue weighted by Crippen LogP contribution is 2.49. The average Bonchev–Trinajstić information content (AvgIpc) is 2.70. The fraction of sp³-hybridized carbons (Fsp3) is 0.278. The summed E-state index contributed by atoms with van der Waals surface area (Å²) in [7, 11) is 1.41. The lowest BCUT2D eigenvalue weighted by atomic mass is 9.84. The van der Waals surface area contributed by atoms with Gasteiger partial charge in [0.15, 0.2) is 5.60 Å². The number of halogens is 6. The largest absolute Gasteiger partial charge is 0.454 e. The molecular formula is C18H13F6NO2. The molecule has 3 nitrogen and oxygen atoms in total. The summed E-state index contributed by atoms with van der Waals surface area (Å²) in [5, 5.41) is 10.3. The molecule has 1 aliphatic heterocycles. The molecule has 0 radical (unpaired) electrons. The minimum atomic E-state index is -5.28. The van der Waals surface area contributed by atoms with E-state index in [0.29, 0.717) is 6.07 Å². The van der Waals surface area contributed by atoms with E-state index in [1.54, 1.807) is 0 Å². The molecule has 0 bridgehead atoms. The number of hydrogen-bond acceptors (Lipinski definition) is 3. The normalized spacial score (nSPS) is 20.5. The van der Waals surface area contributed by atoms with Gasteiger partial charge in [-0.05, 0) is 17.7 Å². The summed E-state index contributed by atoms with van der Waals surface area (Å²) in [6.45, 7) is 0. The Morgan fingerprint density at radius 2 is 1.70 bits per heavy atom. The quantitative estimate of drug-likeness (QED) is 0.568. The standard InChI is InChI=1S/C18H13F6NO2/c1-25-8-4-7-16(27,18(22,23)24)13-9-12(15(26)17(19,20)21)10-5-2-3-6-11(10)14(13)25/h2-6,8-9,27H,7H2,1H3. The van der Waals surface area contributed by atoms with Gasteiger partial charge in [-0.1, -0.05) is 30.3 Å². The van der Waals surface area contributed by atoms with E-state index in [9.17, 15) is 36.2 Å². The van der Waals surface area contributed by atoms with Gasteiger partial charge in [0, 0.05) is 30.0 Å². The van der Waals surface area contributed by atoms with E-state index in [1.807, 2.05) is 0 Å². The molecule has 0 fully saturated rings. The number of carbonyl (C=O) groups is 1. The first kappa shape index (κ1) is 19.2. The van der Waals surface area contributed by atoms with Crippen LogP contribution in [0.3, 0.4) is 0 Å². The van der Waals surface area contributed by atoms with Crippen molar-refractivity contribution >= 4 is 22.2 Å². The van der Waals surface area contributed by atoms with E-state index in [1.165, 1.54) is 42.4 Å². The van der Waals surface area contributed by atoms with Crippen molar-refractivity contribution in [3.8, 4) is 0 Å². The fourth-order valence-electron chi connectivity index (χ4n) is 3.23. The summed E-state index contributed by atoms with van der Waals surface area (Å²) < 4.78 is 80.1. The van der Waals surface area contributed by atoms with Crippen LogP contribution in [0.5, 0.6) is 0 Å². The zero-order valence-corrected chi connectivity index (χ0v) is 13.8. The second kappa shape index (κ2) is 5.98. The topological polar surface area (TPSA) is 40.5 Å². The molecule has 1 N–H and O–H groups in total. The van der Waals surface area contributed by atoms with Crippen LogP contribution < -0.4 is 4.90 Å². The van der Waals surface area contributed by atoms with Crippen LogP contribution in [0.1, 0.15) is 22.3 Å². The maximum Gasteiger partial charge on any atom is 0.454 e. The first-order valence-corrected chi connectivity index (χ1v) is 7.74. The highest BCUT2D eigenvalue weighted by atomic mass is 19.4. The summed E-state index contributed by atoms with van der Waals surface area (Å²) in [4.78, 5) is 13.2. The van der Waals surface area contributed by atoms with Crippen LogP contribution in [0.15, 0.2) is 42.6 Å². The van der Waals surface area contributed by atoms with Gasteiger partial charge in [-0.2, -0.15) is 26.3 Å². The number of nitrogens with zero attached hydrogens (tertiary/aromatic N) is 1. The first-order chi connectivity index (χ1) is 12.4. The number of anilines is 1. The lowest BCUT2D eigenvalue weighted by molar-refractivity contribution is -0.265. The molecule has 0 aliphatic carbocycles. The number of rotatable bonds is 1. The minimum Gasteiger partial charge on any atom is -0.376 e. The Morgan fingerprint density at radius 1 is 1.11 bits per heavy atom. The number of fused-ring (bicyclic) bond motifs is 3. The van der Waals surface area contributed by atoms with Crippen LogP contribution in [0.25, 0.3) is 10.8 Å². The molecule has 0 saturated carbocycles. The molecule has 1 atom stereocenters. The molecule has 2 aromatic rings. The molecule has 1 unspecified atom stereocenters. The van der Waals surface area contributed by atoms with Crippen molar-refractivity contribution in [2.24, 2.45) is 0 Å². The maximum absolute atomic E-state index is 13.7. The van der Waals surface area contributed by atoms with Gasteiger partial charge < -0.3 is 10.0 Å². The van der Waals surface area contributed by atoms with Crippen LogP contribution in [0.4, 0.5) is 32.0 Å². The number of aliphatic hydroxyl groups is 1. The Hall–Kier alpha value is -2.55. The number of hydrogen-bond donors (Lipinski definition) is 1. The van der Waals surface area contributed by atoms with Crippen LogP contribution in [-0.4, -0.2) is 30.3 Å².